The summed E-state index contributed by atoms with van der Waals surface area (Å²) in [5.41, 5.74) is 3.79. The quantitative estimate of drug-likeness (QED) is 0.547. The number of nitrogens with zero attached hydrogens (tertiary/aromatic N) is 6. The van der Waals surface area contributed by atoms with Crippen molar-refractivity contribution in [3.05, 3.63) is 46.9 Å². The number of halogens is 3. The van der Waals surface area contributed by atoms with E-state index in [1.165, 1.54) is 17.9 Å². The summed E-state index contributed by atoms with van der Waals surface area (Å²) in [7, 11) is 1.49. The number of hydrogen-bond donors (Lipinski definition) is 0. The van der Waals surface area contributed by atoms with Gasteiger partial charge in [0.05, 0.1) is 19.2 Å². The van der Waals surface area contributed by atoms with Crippen molar-refractivity contribution in [1.82, 2.24) is 24.5 Å². The Labute approximate surface area is 206 Å². The second kappa shape index (κ2) is 8.36. The van der Waals surface area contributed by atoms with Crippen LogP contribution in [0.3, 0.4) is 0 Å². The fourth-order valence-corrected chi connectivity index (χ4v) is 5.63. The van der Waals surface area contributed by atoms with Crippen molar-refractivity contribution in [2.45, 2.75) is 44.9 Å². The molecule has 1 amide bonds. The molecule has 0 N–H and O–H groups in total. The molecule has 3 aliphatic heterocycles. The van der Waals surface area contributed by atoms with E-state index in [4.69, 9.17) is 9.84 Å². The van der Waals surface area contributed by atoms with Crippen LogP contribution in [0.15, 0.2) is 24.4 Å². The zero-order valence-electron chi connectivity index (χ0n) is 20.2. The summed E-state index contributed by atoms with van der Waals surface area (Å²) in [5.74, 6) is 0.860. The topological polar surface area (TPSA) is 68.4 Å². The standard InChI is InChI=1S/C25H27F3N6O2/c1-15(35)32-8-6-22-20(13-32)24(30-34(22)18-7-10-36-14-18)33-9-5-17-11-16(3-4-21(17)33)19-12-31(2)29-23(19)25(26,27)28/h3-4,11-12,18H,5-10,13-14H2,1-2H3. The number of hydrogen-bond acceptors (Lipinski definition) is 5. The van der Waals surface area contributed by atoms with Gasteiger partial charge in [0, 0.05) is 68.8 Å². The maximum atomic E-state index is 13.6. The molecule has 0 spiro atoms. The summed E-state index contributed by atoms with van der Waals surface area (Å²) in [6, 6.07) is 5.60. The van der Waals surface area contributed by atoms with Crippen LogP contribution in [0.5, 0.6) is 0 Å². The van der Waals surface area contributed by atoms with Gasteiger partial charge in [-0.25, -0.2) is 0 Å². The Kier molecular flexibility index (Phi) is 5.36. The number of carbonyl (C=O) groups is 1. The molecule has 6 rings (SSSR count). The number of anilines is 2. The molecule has 1 fully saturated rings. The molecule has 0 aliphatic carbocycles. The van der Waals surface area contributed by atoms with E-state index in [0.29, 0.717) is 44.8 Å². The first-order valence-electron chi connectivity index (χ1n) is 12.2. The van der Waals surface area contributed by atoms with Gasteiger partial charge >= 0.3 is 6.18 Å². The van der Waals surface area contributed by atoms with Crippen molar-refractivity contribution in [1.29, 1.82) is 0 Å². The van der Waals surface area contributed by atoms with Crippen LogP contribution in [0, 0.1) is 0 Å². The van der Waals surface area contributed by atoms with Gasteiger partial charge < -0.3 is 14.5 Å². The van der Waals surface area contributed by atoms with Crippen LogP contribution < -0.4 is 4.90 Å². The summed E-state index contributed by atoms with van der Waals surface area (Å²) in [6.45, 7) is 4.74. The molecule has 0 bridgehead atoms. The van der Waals surface area contributed by atoms with Gasteiger partial charge in [-0.05, 0) is 36.1 Å². The lowest BCUT2D eigenvalue weighted by Crippen LogP contribution is -2.35. The maximum Gasteiger partial charge on any atom is 0.435 e. The Bertz CT molecular complexity index is 1340. The molecule has 1 aromatic carbocycles. The molecule has 8 nitrogen and oxygen atoms in total. The summed E-state index contributed by atoms with van der Waals surface area (Å²) in [5, 5.41) is 8.69. The lowest BCUT2D eigenvalue weighted by atomic mass is 10.0. The van der Waals surface area contributed by atoms with Gasteiger partial charge in [0.1, 0.15) is 0 Å². The fraction of sp³-hybridized carbons (Fsp3) is 0.480. The fourth-order valence-electron chi connectivity index (χ4n) is 5.63. The molecule has 1 saturated heterocycles. The highest BCUT2D eigenvalue weighted by atomic mass is 19.4. The number of amides is 1. The van der Waals surface area contributed by atoms with Crippen molar-refractivity contribution in [3.8, 4) is 11.1 Å². The van der Waals surface area contributed by atoms with E-state index in [2.05, 4.69) is 14.7 Å². The van der Waals surface area contributed by atoms with E-state index < -0.39 is 11.9 Å². The van der Waals surface area contributed by atoms with Gasteiger partial charge in [0.2, 0.25) is 5.91 Å². The zero-order valence-corrected chi connectivity index (χ0v) is 20.2. The van der Waals surface area contributed by atoms with E-state index in [0.717, 1.165) is 41.2 Å². The normalized spacial score (nSPS) is 19.6. The number of aromatic nitrogens is 4. The minimum atomic E-state index is -4.53. The molecule has 190 valence electrons. The van der Waals surface area contributed by atoms with Crippen molar-refractivity contribution in [2.24, 2.45) is 7.05 Å². The first kappa shape index (κ1) is 23.1. The monoisotopic (exact) mass is 500 g/mol. The molecule has 0 saturated carbocycles. The van der Waals surface area contributed by atoms with Gasteiger partial charge in [0.15, 0.2) is 11.5 Å². The molecule has 3 aliphatic rings. The van der Waals surface area contributed by atoms with Crippen molar-refractivity contribution >= 4 is 17.4 Å². The highest BCUT2D eigenvalue weighted by Gasteiger charge is 2.38. The largest absolute Gasteiger partial charge is 0.435 e. The molecular weight excluding hydrogens is 473 g/mol. The van der Waals surface area contributed by atoms with Crippen LogP contribution in [0.25, 0.3) is 11.1 Å². The third-order valence-corrected chi connectivity index (χ3v) is 7.40. The number of benzene rings is 1. The number of aryl methyl sites for hydroxylation is 1. The first-order valence-corrected chi connectivity index (χ1v) is 12.2. The molecule has 36 heavy (non-hydrogen) atoms. The Morgan fingerprint density at radius 3 is 2.72 bits per heavy atom. The number of carbonyl (C=O) groups excluding carboxylic acids is 1. The third-order valence-electron chi connectivity index (χ3n) is 7.40. The number of ether oxygens (including phenoxy) is 1. The van der Waals surface area contributed by atoms with Gasteiger partial charge in [-0.2, -0.15) is 23.4 Å². The highest BCUT2D eigenvalue weighted by molar-refractivity contribution is 5.77. The molecule has 5 heterocycles. The predicted octanol–water partition coefficient (Wildman–Crippen LogP) is 3.86. The average molecular weight is 501 g/mol. The summed E-state index contributed by atoms with van der Waals surface area (Å²) in [6.07, 6.45) is -0.791. The smallest absolute Gasteiger partial charge is 0.379 e. The lowest BCUT2D eigenvalue weighted by Gasteiger charge is -2.28. The maximum absolute atomic E-state index is 13.6. The van der Waals surface area contributed by atoms with Crippen LogP contribution >= 0.6 is 0 Å². The second-order valence-electron chi connectivity index (χ2n) is 9.71. The van der Waals surface area contributed by atoms with E-state index in [1.54, 1.807) is 13.0 Å². The van der Waals surface area contributed by atoms with E-state index in [9.17, 15) is 18.0 Å². The Morgan fingerprint density at radius 1 is 1.17 bits per heavy atom. The molecule has 1 atom stereocenters. The first-order chi connectivity index (χ1) is 17.2. The van der Waals surface area contributed by atoms with Crippen molar-refractivity contribution < 1.29 is 22.7 Å². The minimum Gasteiger partial charge on any atom is -0.379 e. The molecule has 0 radical (unpaired) electrons. The van der Waals surface area contributed by atoms with Crippen LogP contribution in [0.1, 0.15) is 41.9 Å². The highest BCUT2D eigenvalue weighted by Crippen LogP contribution is 2.42. The molecule has 2 aromatic heterocycles. The Hall–Kier alpha value is -3.34. The molecular formula is C25H27F3N6O2. The summed E-state index contributed by atoms with van der Waals surface area (Å²) in [4.78, 5) is 16.1. The van der Waals surface area contributed by atoms with E-state index in [1.807, 2.05) is 17.0 Å². The number of alkyl halides is 3. The van der Waals surface area contributed by atoms with Crippen molar-refractivity contribution in [3.63, 3.8) is 0 Å². The molecule has 3 aromatic rings. The summed E-state index contributed by atoms with van der Waals surface area (Å²) >= 11 is 0. The SMILES string of the molecule is CC(=O)N1CCc2c(c(N3CCc4cc(-c5cn(C)nc5C(F)(F)F)ccc43)nn2C2CCOC2)C1. The van der Waals surface area contributed by atoms with Gasteiger partial charge in [0.25, 0.3) is 0 Å². The minimum absolute atomic E-state index is 0.0342. The van der Waals surface area contributed by atoms with Gasteiger partial charge in [-0.1, -0.05) is 6.07 Å². The average Bonchev–Trinajstić information content (AvgIpc) is 3.62. The second-order valence-corrected chi connectivity index (χ2v) is 9.71. The van der Waals surface area contributed by atoms with Crippen LogP contribution in [0.4, 0.5) is 24.7 Å². The molecule has 1 unspecified atom stereocenters. The Morgan fingerprint density at radius 2 is 2.00 bits per heavy atom. The zero-order chi connectivity index (χ0) is 25.2. The van der Waals surface area contributed by atoms with Crippen LogP contribution in [-0.4, -0.2) is 56.7 Å². The van der Waals surface area contributed by atoms with E-state index in [-0.39, 0.29) is 17.5 Å². The summed E-state index contributed by atoms with van der Waals surface area (Å²) < 4.78 is 49.6. The Balaban J connectivity index is 1.39. The lowest BCUT2D eigenvalue weighted by molar-refractivity contribution is -0.141. The van der Waals surface area contributed by atoms with Gasteiger partial charge in [-0.3, -0.25) is 14.2 Å². The predicted molar refractivity (Wildman–Crippen MR) is 126 cm³/mol. The third kappa shape index (κ3) is 3.76. The van der Waals surface area contributed by atoms with Crippen LogP contribution in [-0.2, 0) is 42.1 Å². The van der Waals surface area contributed by atoms with Gasteiger partial charge in [-0.15, -0.1) is 0 Å². The number of fused-ring (bicyclic) bond motifs is 2. The molecule has 11 heteroatoms. The number of rotatable bonds is 3. The van der Waals surface area contributed by atoms with Crippen molar-refractivity contribution in [2.75, 3.05) is 31.2 Å². The van der Waals surface area contributed by atoms with Crippen LogP contribution in [0.2, 0.25) is 0 Å². The van der Waals surface area contributed by atoms with E-state index >= 15 is 0 Å².